The maximum Gasteiger partial charge on any atom is 0.264 e. The van der Waals surface area contributed by atoms with E-state index in [0.29, 0.717) is 17.5 Å². The Labute approximate surface area is 174 Å². The lowest BCUT2D eigenvalue weighted by atomic mass is 9.92. The molecule has 2 aromatic rings. The Hall–Kier alpha value is -3.00. The number of nitrogens with one attached hydrogen (secondary N) is 1. The molecule has 3 rings (SSSR count). The lowest BCUT2D eigenvalue weighted by Gasteiger charge is -2.18. The van der Waals surface area contributed by atoms with Gasteiger partial charge in [-0.1, -0.05) is 19.1 Å². The summed E-state index contributed by atoms with van der Waals surface area (Å²) < 4.78 is 46.3. The van der Waals surface area contributed by atoms with Gasteiger partial charge in [0.1, 0.15) is 11.6 Å². The molecule has 0 saturated carbocycles. The van der Waals surface area contributed by atoms with Crippen LogP contribution in [0.3, 0.4) is 0 Å². The lowest BCUT2D eigenvalue weighted by molar-refractivity contribution is -0.125. The van der Waals surface area contributed by atoms with Crippen molar-refractivity contribution in [3.8, 4) is 0 Å². The van der Waals surface area contributed by atoms with Crippen LogP contribution in [0.15, 0.2) is 53.4 Å². The Balaban J connectivity index is 2.01. The summed E-state index contributed by atoms with van der Waals surface area (Å²) in [5.74, 6) is -1.12. The first kappa shape index (κ1) is 21.7. The number of hydrogen-bond acceptors (Lipinski definition) is 5. The van der Waals surface area contributed by atoms with Gasteiger partial charge in [0.25, 0.3) is 10.0 Å². The molecule has 1 amide bonds. The van der Waals surface area contributed by atoms with E-state index in [1.54, 1.807) is 26.8 Å². The smallest absolute Gasteiger partial charge is 0.264 e. The molecule has 6 nitrogen and oxygen atoms in total. The molecular weight excluding hydrogens is 409 g/mol. The number of benzene rings is 2. The van der Waals surface area contributed by atoms with Gasteiger partial charge in [-0.25, -0.2) is 17.5 Å². The van der Waals surface area contributed by atoms with E-state index in [4.69, 9.17) is 4.74 Å². The van der Waals surface area contributed by atoms with E-state index in [1.165, 1.54) is 42.5 Å². The van der Waals surface area contributed by atoms with Crippen molar-refractivity contribution in [2.45, 2.75) is 44.1 Å². The third kappa shape index (κ3) is 4.28. The van der Waals surface area contributed by atoms with Gasteiger partial charge in [0.05, 0.1) is 10.5 Å². The van der Waals surface area contributed by atoms with E-state index in [2.05, 4.69) is 0 Å². The molecule has 1 aliphatic rings. The number of Topliss-reactive ketones (excluding diaryl/α,β-unsaturated/α-hetero) is 1. The van der Waals surface area contributed by atoms with E-state index >= 15 is 0 Å². The number of amides is 1. The third-order valence-corrected chi connectivity index (χ3v) is 6.01. The molecule has 158 valence electrons. The van der Waals surface area contributed by atoms with Crippen LogP contribution in [0.4, 0.5) is 4.39 Å². The van der Waals surface area contributed by atoms with Crippen LogP contribution in [0.25, 0.3) is 11.3 Å². The summed E-state index contributed by atoms with van der Waals surface area (Å²) in [6, 6.07) is 11.3. The number of rotatable bonds is 6. The van der Waals surface area contributed by atoms with Gasteiger partial charge in [0.2, 0.25) is 11.7 Å². The van der Waals surface area contributed by atoms with Crippen LogP contribution in [0.2, 0.25) is 0 Å². The molecule has 2 aromatic carbocycles. The number of halogens is 1. The molecule has 0 fully saturated rings. The highest BCUT2D eigenvalue weighted by atomic mass is 32.2. The minimum Gasteiger partial charge on any atom is -0.478 e. The highest BCUT2D eigenvalue weighted by Gasteiger charge is 2.42. The summed E-state index contributed by atoms with van der Waals surface area (Å²) in [7, 11) is -4.00. The summed E-state index contributed by atoms with van der Waals surface area (Å²) in [6.45, 7) is 5.00. The highest BCUT2D eigenvalue weighted by molar-refractivity contribution is 7.90. The maximum atomic E-state index is 13.7. The summed E-state index contributed by atoms with van der Waals surface area (Å²) >= 11 is 0. The van der Waals surface area contributed by atoms with Gasteiger partial charge in [-0.05, 0) is 62.2 Å². The molecule has 0 aromatic heterocycles. The first-order chi connectivity index (χ1) is 14.0. The zero-order valence-corrected chi connectivity index (χ0v) is 17.7. The molecule has 0 spiro atoms. The number of ether oxygens (including phenoxy) is 1. The van der Waals surface area contributed by atoms with Gasteiger partial charge >= 0.3 is 0 Å². The van der Waals surface area contributed by atoms with Gasteiger partial charge in [-0.15, -0.1) is 0 Å². The van der Waals surface area contributed by atoms with Crippen LogP contribution >= 0.6 is 0 Å². The van der Waals surface area contributed by atoms with Crippen LogP contribution in [0, 0.1) is 5.82 Å². The van der Waals surface area contributed by atoms with Crippen molar-refractivity contribution in [3.63, 3.8) is 0 Å². The van der Waals surface area contributed by atoms with Crippen molar-refractivity contribution in [1.82, 2.24) is 4.72 Å². The average Bonchev–Trinajstić information content (AvgIpc) is 2.91. The predicted molar refractivity (Wildman–Crippen MR) is 110 cm³/mol. The molecule has 0 saturated heterocycles. The molecule has 0 atom stereocenters. The third-order valence-electron chi connectivity index (χ3n) is 4.62. The van der Waals surface area contributed by atoms with Crippen LogP contribution in [-0.4, -0.2) is 25.7 Å². The number of hydrogen-bond donors (Lipinski definition) is 1. The maximum absolute atomic E-state index is 13.7. The molecule has 0 unspecified atom stereocenters. The molecule has 1 heterocycles. The van der Waals surface area contributed by atoms with Gasteiger partial charge in [0, 0.05) is 12.0 Å². The zero-order chi connectivity index (χ0) is 22.1. The first-order valence-corrected chi connectivity index (χ1v) is 10.9. The highest BCUT2D eigenvalue weighted by Crippen LogP contribution is 2.41. The number of ketones is 1. The Kier molecular flexibility index (Phi) is 5.81. The first-order valence-electron chi connectivity index (χ1n) is 9.45. The minimum atomic E-state index is -4.00. The van der Waals surface area contributed by atoms with Crippen LogP contribution in [0.5, 0.6) is 0 Å². The second-order valence-electron chi connectivity index (χ2n) is 7.46. The summed E-state index contributed by atoms with van der Waals surface area (Å²) in [5, 5.41) is 0. The summed E-state index contributed by atoms with van der Waals surface area (Å²) in [4.78, 5) is 24.4. The number of carbonyl (C=O) groups is 2. The van der Waals surface area contributed by atoms with E-state index in [9.17, 15) is 22.4 Å². The quantitative estimate of drug-likeness (QED) is 0.754. The van der Waals surface area contributed by atoms with E-state index in [-0.39, 0.29) is 28.4 Å². The average molecular weight is 431 g/mol. The lowest BCUT2D eigenvalue weighted by Crippen LogP contribution is -2.30. The Morgan fingerprint density at radius 1 is 1.10 bits per heavy atom. The van der Waals surface area contributed by atoms with Crippen molar-refractivity contribution in [3.05, 3.63) is 65.5 Å². The molecule has 30 heavy (non-hydrogen) atoms. The van der Waals surface area contributed by atoms with E-state index < -0.39 is 27.3 Å². The van der Waals surface area contributed by atoms with Gasteiger partial charge in [0.15, 0.2) is 5.60 Å². The Bertz CT molecular complexity index is 1130. The van der Waals surface area contributed by atoms with Crippen LogP contribution in [-0.2, 0) is 24.3 Å². The topological polar surface area (TPSA) is 89.5 Å². The standard InChI is InChI=1S/C22H22FNO5S/c1-4-6-18(25)24-30(27,28)17-11-9-14(10-12-17)20-19(21(26)22(2,3)29-20)15-7-5-8-16(23)13-15/h5,7-13H,4,6H2,1-3H3,(H,24,25). The summed E-state index contributed by atoms with van der Waals surface area (Å²) in [5.41, 5.74) is -0.0713. The molecule has 8 heteroatoms. The second-order valence-corrected chi connectivity index (χ2v) is 9.14. The molecular formula is C22H22FNO5S. The zero-order valence-electron chi connectivity index (χ0n) is 16.9. The second kappa shape index (κ2) is 8.02. The fourth-order valence-electron chi connectivity index (χ4n) is 3.14. The van der Waals surface area contributed by atoms with Gasteiger partial charge in [-0.3, -0.25) is 9.59 Å². The van der Waals surface area contributed by atoms with Crippen molar-refractivity contribution < 1.29 is 27.1 Å². The molecule has 1 aliphatic heterocycles. The largest absolute Gasteiger partial charge is 0.478 e. The van der Waals surface area contributed by atoms with E-state index in [1.807, 2.05) is 4.72 Å². The van der Waals surface area contributed by atoms with Crippen LogP contribution in [0.1, 0.15) is 44.7 Å². The SMILES string of the molecule is CCCC(=O)NS(=O)(=O)c1ccc(C2=C(c3cccc(F)c3)C(=O)C(C)(C)O2)cc1. The Morgan fingerprint density at radius 2 is 1.77 bits per heavy atom. The molecule has 0 radical (unpaired) electrons. The van der Waals surface area contributed by atoms with Crippen LogP contribution < -0.4 is 4.72 Å². The number of carbonyl (C=O) groups excluding carboxylic acids is 2. The minimum absolute atomic E-state index is 0.0906. The van der Waals surface area contributed by atoms with E-state index in [0.717, 1.165) is 0 Å². The summed E-state index contributed by atoms with van der Waals surface area (Å²) in [6.07, 6.45) is 0.630. The van der Waals surface area contributed by atoms with Crippen molar-refractivity contribution in [1.29, 1.82) is 0 Å². The Morgan fingerprint density at radius 3 is 2.37 bits per heavy atom. The van der Waals surface area contributed by atoms with Crippen molar-refractivity contribution in [2.75, 3.05) is 0 Å². The molecule has 1 N–H and O–H groups in total. The fourth-order valence-corrected chi connectivity index (χ4v) is 4.15. The normalized spacial score (nSPS) is 15.8. The molecule has 0 aliphatic carbocycles. The van der Waals surface area contributed by atoms with Gasteiger partial charge < -0.3 is 4.74 Å². The van der Waals surface area contributed by atoms with Gasteiger partial charge in [-0.2, -0.15) is 0 Å². The predicted octanol–water partition coefficient (Wildman–Crippen LogP) is 3.68. The fraction of sp³-hybridized carbons (Fsp3) is 0.273. The van der Waals surface area contributed by atoms with Crippen molar-refractivity contribution in [2.24, 2.45) is 0 Å². The van der Waals surface area contributed by atoms with Crippen molar-refractivity contribution >= 4 is 33.0 Å². The number of sulfonamides is 1. The molecule has 0 bridgehead atoms. The monoisotopic (exact) mass is 431 g/mol.